The lowest BCUT2D eigenvalue weighted by molar-refractivity contribution is -0.121. The largest absolute Gasteiger partial charge is 0.396 e. The molecule has 0 aliphatic heterocycles. The molecule has 7 atom stereocenters. The van der Waals surface area contributed by atoms with Crippen LogP contribution in [-0.4, -0.2) is 34.1 Å². The van der Waals surface area contributed by atoms with E-state index < -0.39 is 0 Å². The summed E-state index contributed by atoms with van der Waals surface area (Å²) in [6, 6.07) is 0. The Morgan fingerprint density at radius 3 is 2.52 bits per heavy atom. The van der Waals surface area contributed by atoms with Gasteiger partial charge < -0.3 is 15.3 Å². The maximum atomic E-state index is 11.2. The molecule has 2 unspecified atom stereocenters. The lowest BCUT2D eigenvalue weighted by atomic mass is 9.51. The smallest absolute Gasteiger partial charge is 0.0610 e. The van der Waals surface area contributed by atoms with Crippen molar-refractivity contribution >= 4 is 0 Å². The van der Waals surface area contributed by atoms with Crippen LogP contribution in [0.15, 0.2) is 12.2 Å². The Morgan fingerprint density at radius 2 is 1.83 bits per heavy atom. The molecule has 0 spiro atoms. The van der Waals surface area contributed by atoms with Gasteiger partial charge in [-0.1, -0.05) is 26.0 Å². The summed E-state index contributed by atoms with van der Waals surface area (Å²) in [4.78, 5) is 0. The van der Waals surface area contributed by atoms with Crippen molar-refractivity contribution in [2.75, 3.05) is 6.61 Å². The average molecular weight is 322 g/mol. The molecule has 3 aliphatic carbocycles. The van der Waals surface area contributed by atoms with E-state index in [1.54, 1.807) is 0 Å². The maximum Gasteiger partial charge on any atom is 0.0610 e. The zero-order valence-corrected chi connectivity index (χ0v) is 14.8. The standard InChI is InChI=1S/C20H34O3/c1-13-4-5-16-18(23)17(7-10-19(13,16)2)20(3)9-6-15(22)12-14(20)8-11-21/h14-18,21-23H,1,4-12H2,2-3H3/t14-,15-,16?,17?,18-,19+,20-/m0/s1. The van der Waals surface area contributed by atoms with Gasteiger partial charge in [0.15, 0.2) is 0 Å². The Morgan fingerprint density at radius 1 is 1.09 bits per heavy atom. The highest BCUT2D eigenvalue weighted by molar-refractivity contribution is 5.21. The Kier molecular flexibility index (Phi) is 4.67. The van der Waals surface area contributed by atoms with Gasteiger partial charge in [-0.05, 0) is 80.0 Å². The molecular formula is C20H34O3. The predicted octanol–water partition coefficient (Wildman–Crippen LogP) is 3.28. The lowest BCUT2D eigenvalue weighted by Crippen LogP contribution is -2.52. The lowest BCUT2D eigenvalue weighted by Gasteiger charge is -2.55. The molecule has 0 amide bonds. The van der Waals surface area contributed by atoms with E-state index in [0.717, 1.165) is 51.4 Å². The van der Waals surface area contributed by atoms with Crippen LogP contribution in [0.1, 0.15) is 65.2 Å². The van der Waals surface area contributed by atoms with Crippen LogP contribution >= 0.6 is 0 Å². The van der Waals surface area contributed by atoms with Crippen LogP contribution < -0.4 is 0 Å². The zero-order chi connectivity index (χ0) is 16.8. The van der Waals surface area contributed by atoms with Crippen LogP contribution in [0.4, 0.5) is 0 Å². The summed E-state index contributed by atoms with van der Waals surface area (Å²) < 4.78 is 0. The third-order valence-electron chi connectivity index (χ3n) is 8.01. The van der Waals surface area contributed by atoms with Crippen molar-refractivity contribution in [3.8, 4) is 0 Å². The van der Waals surface area contributed by atoms with Crippen molar-refractivity contribution < 1.29 is 15.3 Å². The van der Waals surface area contributed by atoms with E-state index in [1.807, 2.05) is 0 Å². The van der Waals surface area contributed by atoms with Crippen molar-refractivity contribution in [3.63, 3.8) is 0 Å². The van der Waals surface area contributed by atoms with E-state index in [4.69, 9.17) is 0 Å². The third-order valence-corrected chi connectivity index (χ3v) is 8.01. The van der Waals surface area contributed by atoms with E-state index in [0.29, 0.717) is 11.8 Å². The molecule has 23 heavy (non-hydrogen) atoms. The molecule has 0 bridgehead atoms. The topological polar surface area (TPSA) is 60.7 Å². The molecule has 3 N–H and O–H groups in total. The van der Waals surface area contributed by atoms with Crippen LogP contribution in [0.2, 0.25) is 0 Å². The van der Waals surface area contributed by atoms with Gasteiger partial charge in [-0.3, -0.25) is 0 Å². The van der Waals surface area contributed by atoms with Gasteiger partial charge in [0.05, 0.1) is 12.2 Å². The SMILES string of the molecule is C=C1CCC2[C@H](O)C([C@@]3(C)CC[C@H](O)C[C@@H]3CCO)CC[C@]12C. The second-order valence-electron chi connectivity index (χ2n) is 8.95. The van der Waals surface area contributed by atoms with Gasteiger partial charge in [0.25, 0.3) is 0 Å². The van der Waals surface area contributed by atoms with Gasteiger partial charge in [-0.2, -0.15) is 0 Å². The molecule has 0 heterocycles. The first-order valence-electron chi connectivity index (χ1n) is 9.48. The highest BCUT2D eigenvalue weighted by atomic mass is 16.3. The fourth-order valence-electron chi connectivity index (χ4n) is 6.22. The normalized spacial score (nSPS) is 50.8. The second kappa shape index (κ2) is 6.16. The van der Waals surface area contributed by atoms with Crippen molar-refractivity contribution in [1.29, 1.82) is 0 Å². The number of aliphatic hydroxyl groups is 3. The highest BCUT2D eigenvalue weighted by Gasteiger charge is 2.56. The summed E-state index contributed by atoms with van der Waals surface area (Å²) in [7, 11) is 0. The van der Waals surface area contributed by atoms with Gasteiger partial charge in [0.2, 0.25) is 0 Å². The zero-order valence-electron chi connectivity index (χ0n) is 14.8. The molecule has 3 rings (SSSR count). The van der Waals surface area contributed by atoms with E-state index in [1.165, 1.54) is 5.57 Å². The molecule has 3 saturated carbocycles. The highest BCUT2D eigenvalue weighted by Crippen LogP contribution is 2.61. The Labute approximate surface area is 140 Å². The van der Waals surface area contributed by atoms with Gasteiger partial charge in [-0.25, -0.2) is 0 Å². The summed E-state index contributed by atoms with van der Waals surface area (Å²) in [6.07, 6.45) is 7.09. The minimum atomic E-state index is -0.269. The summed E-state index contributed by atoms with van der Waals surface area (Å²) in [6.45, 7) is 9.05. The summed E-state index contributed by atoms with van der Waals surface area (Å²) >= 11 is 0. The molecular weight excluding hydrogens is 288 g/mol. The van der Waals surface area contributed by atoms with Crippen LogP contribution in [-0.2, 0) is 0 Å². The van der Waals surface area contributed by atoms with Gasteiger partial charge in [-0.15, -0.1) is 0 Å². The minimum Gasteiger partial charge on any atom is -0.396 e. The fraction of sp³-hybridized carbons (Fsp3) is 0.900. The van der Waals surface area contributed by atoms with E-state index in [2.05, 4.69) is 20.4 Å². The molecule has 0 radical (unpaired) electrons. The van der Waals surface area contributed by atoms with E-state index in [-0.39, 0.29) is 35.6 Å². The van der Waals surface area contributed by atoms with Crippen molar-refractivity contribution in [1.82, 2.24) is 0 Å². The van der Waals surface area contributed by atoms with Crippen molar-refractivity contribution in [3.05, 3.63) is 12.2 Å². The molecule has 132 valence electrons. The Balaban J connectivity index is 1.84. The quantitative estimate of drug-likeness (QED) is 0.699. The molecule has 3 nitrogen and oxygen atoms in total. The summed E-state index contributed by atoms with van der Waals surface area (Å²) in [5, 5.41) is 30.8. The third kappa shape index (κ3) is 2.69. The maximum absolute atomic E-state index is 11.2. The minimum absolute atomic E-state index is 0.0344. The number of rotatable bonds is 3. The first kappa shape index (κ1) is 17.4. The van der Waals surface area contributed by atoms with Crippen LogP contribution in [0.25, 0.3) is 0 Å². The van der Waals surface area contributed by atoms with Crippen LogP contribution in [0.3, 0.4) is 0 Å². The molecule has 0 aromatic heterocycles. The van der Waals surface area contributed by atoms with Crippen LogP contribution in [0, 0.1) is 28.6 Å². The fourth-order valence-corrected chi connectivity index (χ4v) is 6.22. The van der Waals surface area contributed by atoms with Gasteiger partial charge >= 0.3 is 0 Å². The number of hydrogen-bond donors (Lipinski definition) is 3. The Hall–Kier alpha value is -0.380. The number of fused-ring (bicyclic) bond motifs is 1. The number of aliphatic hydroxyl groups excluding tert-OH is 3. The molecule has 0 aromatic rings. The van der Waals surface area contributed by atoms with E-state index >= 15 is 0 Å². The molecule has 3 aliphatic rings. The molecule has 0 aromatic carbocycles. The van der Waals surface area contributed by atoms with Crippen molar-refractivity contribution in [2.24, 2.45) is 28.6 Å². The van der Waals surface area contributed by atoms with Crippen LogP contribution in [0.5, 0.6) is 0 Å². The molecule has 3 fully saturated rings. The molecule has 0 saturated heterocycles. The first-order chi connectivity index (χ1) is 10.8. The van der Waals surface area contributed by atoms with Gasteiger partial charge in [0, 0.05) is 6.61 Å². The average Bonchev–Trinajstić information content (AvgIpc) is 2.80. The predicted molar refractivity (Wildman–Crippen MR) is 91.9 cm³/mol. The summed E-state index contributed by atoms with van der Waals surface area (Å²) in [5.41, 5.74) is 1.48. The van der Waals surface area contributed by atoms with Crippen molar-refractivity contribution in [2.45, 2.75) is 77.4 Å². The summed E-state index contributed by atoms with van der Waals surface area (Å²) in [5.74, 6) is 0.938. The second-order valence-corrected chi connectivity index (χ2v) is 8.95. The van der Waals surface area contributed by atoms with E-state index in [9.17, 15) is 15.3 Å². The number of hydrogen-bond acceptors (Lipinski definition) is 3. The Bertz CT molecular complexity index is 462. The first-order valence-corrected chi connectivity index (χ1v) is 9.48. The van der Waals surface area contributed by atoms with Gasteiger partial charge in [0.1, 0.15) is 0 Å². The molecule has 3 heteroatoms. The monoisotopic (exact) mass is 322 g/mol. The number of allylic oxidation sites excluding steroid dienone is 1.